The molecule has 0 spiro atoms. The topological polar surface area (TPSA) is 51.5 Å². The van der Waals surface area contributed by atoms with E-state index in [1.165, 1.54) is 7.11 Å². The van der Waals surface area contributed by atoms with E-state index in [1.807, 2.05) is 28.8 Å². The van der Waals surface area contributed by atoms with Crippen LogP contribution in [0.3, 0.4) is 0 Å². The van der Waals surface area contributed by atoms with Gasteiger partial charge in [0.05, 0.1) is 13.7 Å². The van der Waals surface area contributed by atoms with Crippen molar-refractivity contribution in [3.63, 3.8) is 0 Å². The predicted octanol–water partition coefficient (Wildman–Crippen LogP) is 3.29. The summed E-state index contributed by atoms with van der Waals surface area (Å²) in [6.45, 7) is 0.705. The summed E-state index contributed by atoms with van der Waals surface area (Å²) < 4.78 is 33.7. The first-order chi connectivity index (χ1) is 13.5. The van der Waals surface area contributed by atoms with Gasteiger partial charge in [0.1, 0.15) is 18.2 Å². The van der Waals surface area contributed by atoms with E-state index >= 15 is 0 Å². The number of methoxy groups -OCH3 is 1. The third-order valence-corrected chi connectivity index (χ3v) is 5.08. The van der Waals surface area contributed by atoms with Gasteiger partial charge in [-0.3, -0.25) is 9.59 Å². The summed E-state index contributed by atoms with van der Waals surface area (Å²) in [4.78, 5) is 26.3. The second-order valence-corrected chi connectivity index (χ2v) is 6.74. The Morgan fingerprint density at radius 1 is 1.11 bits per heavy atom. The Bertz CT molecular complexity index is 1070. The maximum atomic E-state index is 13.5. The summed E-state index contributed by atoms with van der Waals surface area (Å²) in [5.74, 6) is -2.42. The van der Waals surface area contributed by atoms with Gasteiger partial charge in [-0.05, 0) is 30.2 Å². The molecule has 7 heteroatoms. The molecule has 0 saturated heterocycles. The molecule has 1 aliphatic heterocycles. The molecule has 2 heterocycles. The van der Waals surface area contributed by atoms with Gasteiger partial charge in [-0.25, -0.2) is 8.78 Å². The number of fused-ring (bicyclic) bond motifs is 3. The number of aromatic nitrogens is 1. The van der Waals surface area contributed by atoms with Crippen LogP contribution in [0.1, 0.15) is 21.6 Å². The van der Waals surface area contributed by atoms with Crippen LogP contribution < -0.4 is 0 Å². The Hall–Kier alpha value is -3.22. The molecule has 0 fully saturated rings. The Balaban J connectivity index is 1.73. The van der Waals surface area contributed by atoms with Gasteiger partial charge in [0, 0.05) is 34.8 Å². The molecule has 1 aliphatic rings. The fourth-order valence-electron chi connectivity index (χ4n) is 3.80. The van der Waals surface area contributed by atoms with Crippen molar-refractivity contribution in [2.75, 3.05) is 13.7 Å². The minimum Gasteiger partial charge on any atom is -0.468 e. The molecular formula is C21H18F2N2O3. The van der Waals surface area contributed by atoms with Crippen molar-refractivity contribution in [1.82, 2.24) is 9.47 Å². The molecule has 0 saturated carbocycles. The quantitative estimate of drug-likeness (QED) is 0.651. The summed E-state index contributed by atoms with van der Waals surface area (Å²) in [6, 6.07) is 10.5. The number of carbonyl (C=O) groups is 2. The lowest BCUT2D eigenvalue weighted by Crippen LogP contribution is -2.37. The number of rotatable bonds is 3. The molecular weight excluding hydrogens is 366 g/mol. The van der Waals surface area contributed by atoms with Crippen molar-refractivity contribution >= 4 is 22.8 Å². The lowest BCUT2D eigenvalue weighted by molar-refractivity contribution is -0.141. The molecule has 144 valence electrons. The van der Waals surface area contributed by atoms with Crippen molar-refractivity contribution in [2.24, 2.45) is 0 Å². The van der Waals surface area contributed by atoms with Gasteiger partial charge in [-0.2, -0.15) is 0 Å². The van der Waals surface area contributed by atoms with E-state index in [1.54, 1.807) is 4.90 Å². The molecule has 5 nitrogen and oxygen atoms in total. The second-order valence-electron chi connectivity index (χ2n) is 6.74. The number of amides is 1. The molecule has 0 N–H and O–H groups in total. The molecule has 28 heavy (non-hydrogen) atoms. The zero-order valence-corrected chi connectivity index (χ0v) is 15.2. The third kappa shape index (κ3) is 3.13. The van der Waals surface area contributed by atoms with Crippen molar-refractivity contribution in [1.29, 1.82) is 0 Å². The van der Waals surface area contributed by atoms with E-state index in [0.717, 1.165) is 40.4 Å². The summed E-state index contributed by atoms with van der Waals surface area (Å²) >= 11 is 0. The molecule has 3 aromatic rings. The monoisotopic (exact) mass is 384 g/mol. The first kappa shape index (κ1) is 18.2. The Morgan fingerprint density at radius 3 is 2.54 bits per heavy atom. The number of nitrogens with zero attached hydrogens (tertiary/aromatic N) is 2. The third-order valence-electron chi connectivity index (χ3n) is 5.08. The summed E-state index contributed by atoms with van der Waals surface area (Å²) in [6.07, 6.45) is 0.591. The normalized spacial score (nSPS) is 13.5. The lowest BCUT2D eigenvalue weighted by Gasteiger charge is -2.28. The number of ether oxygens (including phenoxy) is 1. The highest BCUT2D eigenvalue weighted by Crippen LogP contribution is 2.31. The minimum absolute atomic E-state index is 0.0307. The van der Waals surface area contributed by atoms with Crippen molar-refractivity contribution < 1.29 is 23.1 Å². The van der Waals surface area contributed by atoms with Crippen LogP contribution in [-0.2, 0) is 29.0 Å². The van der Waals surface area contributed by atoms with Gasteiger partial charge in [-0.15, -0.1) is 0 Å². The van der Waals surface area contributed by atoms with Gasteiger partial charge < -0.3 is 14.2 Å². The maximum Gasteiger partial charge on any atom is 0.325 e. The van der Waals surface area contributed by atoms with Crippen molar-refractivity contribution in [3.8, 4) is 0 Å². The van der Waals surface area contributed by atoms with E-state index in [2.05, 4.69) is 0 Å². The van der Waals surface area contributed by atoms with E-state index in [0.29, 0.717) is 13.0 Å². The van der Waals surface area contributed by atoms with Crippen LogP contribution in [0.2, 0.25) is 0 Å². The number of carbonyl (C=O) groups excluding carboxylic acids is 2. The predicted molar refractivity (Wildman–Crippen MR) is 98.8 cm³/mol. The van der Waals surface area contributed by atoms with Crippen LogP contribution in [0.4, 0.5) is 8.78 Å². The highest BCUT2D eigenvalue weighted by molar-refractivity contribution is 5.95. The first-order valence-electron chi connectivity index (χ1n) is 8.89. The second kappa shape index (κ2) is 7.07. The number of esters is 1. The number of hydrogen-bond donors (Lipinski definition) is 0. The van der Waals surface area contributed by atoms with E-state index in [4.69, 9.17) is 4.74 Å². The molecule has 0 unspecified atom stereocenters. The number of halogens is 2. The van der Waals surface area contributed by atoms with Crippen LogP contribution >= 0.6 is 0 Å². The first-order valence-corrected chi connectivity index (χ1v) is 8.89. The SMILES string of the molecule is COC(=O)Cn1c2c(c3ccccc31)CCN(C(=O)c1cc(F)cc(F)c1)C2. The molecule has 4 rings (SSSR count). The van der Waals surface area contributed by atoms with Crippen LogP contribution in [-0.4, -0.2) is 35.0 Å². The largest absolute Gasteiger partial charge is 0.468 e. The van der Waals surface area contributed by atoms with Crippen molar-refractivity contribution in [3.05, 3.63) is 70.9 Å². The minimum atomic E-state index is -0.791. The molecule has 0 aliphatic carbocycles. The highest BCUT2D eigenvalue weighted by Gasteiger charge is 2.28. The van der Waals surface area contributed by atoms with Crippen LogP contribution in [0.5, 0.6) is 0 Å². The van der Waals surface area contributed by atoms with Gasteiger partial charge in [0.2, 0.25) is 0 Å². The smallest absolute Gasteiger partial charge is 0.325 e. The van der Waals surface area contributed by atoms with Gasteiger partial charge in [-0.1, -0.05) is 18.2 Å². The van der Waals surface area contributed by atoms with Crippen LogP contribution in [0, 0.1) is 11.6 Å². The summed E-state index contributed by atoms with van der Waals surface area (Å²) in [7, 11) is 1.33. The number of benzene rings is 2. The Labute approximate surface area is 160 Å². The Morgan fingerprint density at radius 2 is 1.82 bits per heavy atom. The lowest BCUT2D eigenvalue weighted by atomic mass is 10.0. The molecule has 1 aromatic heterocycles. The van der Waals surface area contributed by atoms with Crippen molar-refractivity contribution in [2.45, 2.75) is 19.5 Å². The zero-order valence-electron chi connectivity index (χ0n) is 15.2. The molecule has 1 amide bonds. The highest BCUT2D eigenvalue weighted by atomic mass is 19.1. The van der Waals surface area contributed by atoms with Gasteiger partial charge >= 0.3 is 5.97 Å². The fraction of sp³-hybridized carbons (Fsp3) is 0.238. The van der Waals surface area contributed by atoms with Crippen LogP contribution in [0.25, 0.3) is 10.9 Å². The standard InChI is InChI=1S/C21H18F2N2O3/c1-28-20(26)12-25-18-5-3-2-4-16(18)17-6-7-24(11-19(17)25)21(27)13-8-14(22)10-15(23)9-13/h2-5,8-10H,6-7,11-12H2,1H3. The average molecular weight is 384 g/mol. The summed E-state index contributed by atoms with van der Waals surface area (Å²) in [5.41, 5.74) is 2.78. The zero-order chi connectivity index (χ0) is 19.8. The van der Waals surface area contributed by atoms with Gasteiger partial charge in [0.25, 0.3) is 5.91 Å². The number of hydrogen-bond acceptors (Lipinski definition) is 3. The fourth-order valence-corrected chi connectivity index (χ4v) is 3.80. The molecule has 0 atom stereocenters. The van der Waals surface area contributed by atoms with Crippen LogP contribution in [0.15, 0.2) is 42.5 Å². The average Bonchev–Trinajstić information content (AvgIpc) is 3.00. The van der Waals surface area contributed by atoms with E-state index in [9.17, 15) is 18.4 Å². The maximum absolute atomic E-state index is 13.5. The van der Waals surface area contributed by atoms with E-state index < -0.39 is 17.5 Å². The summed E-state index contributed by atoms with van der Waals surface area (Å²) in [5, 5.41) is 1.03. The molecule has 0 radical (unpaired) electrons. The number of para-hydroxylation sites is 1. The Kier molecular flexibility index (Phi) is 4.58. The van der Waals surface area contributed by atoms with E-state index in [-0.39, 0.29) is 24.6 Å². The molecule has 2 aromatic carbocycles. The molecule has 0 bridgehead atoms. The van der Waals surface area contributed by atoms with Gasteiger partial charge in [0.15, 0.2) is 0 Å².